The molecule has 106 valence electrons. The maximum atomic E-state index is 12.1. The van der Waals surface area contributed by atoms with Crippen molar-refractivity contribution in [1.82, 2.24) is 15.1 Å². The minimum absolute atomic E-state index is 0.189. The van der Waals surface area contributed by atoms with E-state index in [1.165, 1.54) is 4.68 Å². The fourth-order valence-corrected chi connectivity index (χ4v) is 2.62. The lowest BCUT2D eigenvalue weighted by Gasteiger charge is -2.26. The molecule has 1 aliphatic heterocycles. The zero-order chi connectivity index (χ0) is 13.8. The number of hydrogen-bond donors (Lipinski definition) is 1. The number of nitrogens with zero attached hydrogens (tertiary/aromatic N) is 3. The molecule has 1 unspecified atom stereocenters. The SMILES string of the molecule is CCCCn1ncc(N(C)C2CCNC2)c(Cl)c1=O. The Morgan fingerprint density at radius 2 is 2.42 bits per heavy atom. The summed E-state index contributed by atoms with van der Waals surface area (Å²) in [4.78, 5) is 14.2. The highest BCUT2D eigenvalue weighted by Gasteiger charge is 2.22. The van der Waals surface area contributed by atoms with Crippen LogP contribution in [0.1, 0.15) is 26.2 Å². The zero-order valence-electron chi connectivity index (χ0n) is 11.5. The monoisotopic (exact) mass is 284 g/mol. The Bertz CT molecular complexity index is 482. The number of hydrogen-bond acceptors (Lipinski definition) is 4. The third-order valence-corrected chi connectivity index (χ3v) is 4.01. The Hall–Kier alpha value is -1.07. The first kappa shape index (κ1) is 14.3. The first-order valence-corrected chi connectivity index (χ1v) is 7.22. The molecule has 2 rings (SSSR count). The molecule has 0 bridgehead atoms. The molecule has 0 aromatic carbocycles. The molecule has 1 saturated heterocycles. The highest BCUT2D eigenvalue weighted by molar-refractivity contribution is 6.33. The highest BCUT2D eigenvalue weighted by atomic mass is 35.5. The van der Waals surface area contributed by atoms with Crippen LogP contribution in [0.2, 0.25) is 5.02 Å². The highest BCUT2D eigenvalue weighted by Crippen LogP contribution is 2.23. The van der Waals surface area contributed by atoms with E-state index in [1.807, 2.05) is 7.05 Å². The number of anilines is 1. The van der Waals surface area contributed by atoms with E-state index in [9.17, 15) is 4.79 Å². The van der Waals surface area contributed by atoms with Gasteiger partial charge in [0.25, 0.3) is 5.56 Å². The van der Waals surface area contributed by atoms with Gasteiger partial charge in [-0.2, -0.15) is 5.10 Å². The number of aryl methyl sites for hydroxylation is 1. The fraction of sp³-hybridized carbons (Fsp3) is 0.692. The number of rotatable bonds is 5. The lowest BCUT2D eigenvalue weighted by Crippen LogP contribution is -2.35. The van der Waals surface area contributed by atoms with Crippen molar-refractivity contribution in [3.63, 3.8) is 0 Å². The van der Waals surface area contributed by atoms with E-state index in [4.69, 9.17) is 11.6 Å². The van der Waals surface area contributed by atoms with E-state index in [0.29, 0.717) is 12.6 Å². The molecule has 0 radical (unpaired) electrons. The van der Waals surface area contributed by atoms with Crippen LogP contribution >= 0.6 is 11.6 Å². The molecule has 2 heterocycles. The van der Waals surface area contributed by atoms with Crippen LogP contribution in [0.25, 0.3) is 0 Å². The topological polar surface area (TPSA) is 50.2 Å². The van der Waals surface area contributed by atoms with E-state index in [2.05, 4.69) is 22.2 Å². The minimum Gasteiger partial charge on any atom is -0.368 e. The lowest BCUT2D eigenvalue weighted by molar-refractivity contribution is 0.541. The Labute approximate surface area is 118 Å². The van der Waals surface area contributed by atoms with E-state index in [-0.39, 0.29) is 10.6 Å². The minimum atomic E-state index is -0.189. The van der Waals surface area contributed by atoms with Crippen LogP contribution in [0.4, 0.5) is 5.69 Å². The molecular weight excluding hydrogens is 264 g/mol. The summed E-state index contributed by atoms with van der Waals surface area (Å²) in [6.07, 6.45) is 4.73. The van der Waals surface area contributed by atoms with Gasteiger partial charge in [-0.1, -0.05) is 24.9 Å². The first-order chi connectivity index (χ1) is 9.15. The van der Waals surface area contributed by atoms with Crippen LogP contribution in [0.3, 0.4) is 0 Å². The molecule has 19 heavy (non-hydrogen) atoms. The fourth-order valence-electron chi connectivity index (χ4n) is 2.34. The van der Waals surface area contributed by atoms with Gasteiger partial charge in [0, 0.05) is 26.2 Å². The van der Waals surface area contributed by atoms with Gasteiger partial charge in [0.05, 0.1) is 11.9 Å². The van der Waals surface area contributed by atoms with E-state index in [1.54, 1.807) is 6.20 Å². The molecule has 1 aromatic rings. The van der Waals surface area contributed by atoms with E-state index in [0.717, 1.165) is 38.0 Å². The van der Waals surface area contributed by atoms with Crippen molar-refractivity contribution >= 4 is 17.3 Å². The summed E-state index contributed by atoms with van der Waals surface area (Å²) in [7, 11) is 1.97. The largest absolute Gasteiger partial charge is 0.368 e. The Morgan fingerprint density at radius 1 is 1.63 bits per heavy atom. The van der Waals surface area contributed by atoms with Crippen LogP contribution in [0.15, 0.2) is 11.0 Å². The van der Waals surface area contributed by atoms with Gasteiger partial charge in [-0.05, 0) is 19.4 Å². The maximum Gasteiger partial charge on any atom is 0.287 e. The molecule has 0 spiro atoms. The summed E-state index contributed by atoms with van der Waals surface area (Å²) in [6.45, 7) is 4.64. The summed E-state index contributed by atoms with van der Waals surface area (Å²) in [5.74, 6) is 0. The summed E-state index contributed by atoms with van der Waals surface area (Å²) in [5, 5.41) is 7.81. The molecule has 0 aliphatic carbocycles. The van der Waals surface area contributed by atoms with Crippen molar-refractivity contribution < 1.29 is 0 Å². The Balaban J connectivity index is 2.22. The maximum absolute atomic E-state index is 12.1. The molecule has 1 atom stereocenters. The zero-order valence-corrected chi connectivity index (χ0v) is 12.3. The molecule has 0 saturated carbocycles. The van der Waals surface area contributed by atoms with Gasteiger partial charge in [-0.25, -0.2) is 4.68 Å². The smallest absolute Gasteiger partial charge is 0.287 e. The van der Waals surface area contributed by atoms with Crippen LogP contribution in [-0.4, -0.2) is 36.0 Å². The van der Waals surface area contributed by atoms with Gasteiger partial charge in [0.15, 0.2) is 0 Å². The molecule has 0 amide bonds. The Morgan fingerprint density at radius 3 is 3.05 bits per heavy atom. The average molecular weight is 285 g/mol. The third kappa shape index (κ3) is 3.09. The summed E-state index contributed by atoms with van der Waals surface area (Å²) in [5.41, 5.74) is 0.540. The van der Waals surface area contributed by atoms with Crippen LogP contribution in [0, 0.1) is 0 Å². The van der Waals surface area contributed by atoms with Gasteiger partial charge in [-0.3, -0.25) is 4.79 Å². The number of likely N-dealkylation sites (N-methyl/N-ethyl adjacent to an activating group) is 1. The molecule has 6 heteroatoms. The summed E-state index contributed by atoms with van der Waals surface area (Å²) >= 11 is 6.22. The number of halogens is 1. The van der Waals surface area contributed by atoms with Crippen LogP contribution in [0.5, 0.6) is 0 Å². The quantitative estimate of drug-likeness (QED) is 0.890. The number of unbranched alkanes of at least 4 members (excludes halogenated alkanes) is 1. The molecular formula is C13H21ClN4O. The van der Waals surface area contributed by atoms with Gasteiger partial charge in [0.2, 0.25) is 0 Å². The Kier molecular flexibility index (Phi) is 4.82. The van der Waals surface area contributed by atoms with Crippen LogP contribution in [-0.2, 0) is 6.54 Å². The first-order valence-electron chi connectivity index (χ1n) is 6.84. The predicted molar refractivity (Wildman–Crippen MR) is 78.1 cm³/mol. The van der Waals surface area contributed by atoms with Crippen molar-refractivity contribution in [2.45, 2.75) is 38.8 Å². The lowest BCUT2D eigenvalue weighted by atomic mass is 10.2. The molecule has 1 N–H and O–H groups in total. The second kappa shape index (κ2) is 6.39. The summed E-state index contributed by atoms with van der Waals surface area (Å²) in [6, 6.07) is 0.380. The number of nitrogens with one attached hydrogen (secondary N) is 1. The van der Waals surface area contributed by atoms with Gasteiger partial charge in [-0.15, -0.1) is 0 Å². The van der Waals surface area contributed by atoms with Gasteiger partial charge < -0.3 is 10.2 Å². The summed E-state index contributed by atoms with van der Waals surface area (Å²) < 4.78 is 1.45. The number of aromatic nitrogens is 2. The third-order valence-electron chi connectivity index (χ3n) is 3.65. The predicted octanol–water partition coefficient (Wildman–Crippen LogP) is 1.49. The normalized spacial score (nSPS) is 18.8. The molecule has 1 aliphatic rings. The van der Waals surface area contributed by atoms with Crippen LogP contribution < -0.4 is 15.8 Å². The van der Waals surface area contributed by atoms with Crippen molar-refractivity contribution in [2.75, 3.05) is 25.0 Å². The average Bonchev–Trinajstić information content (AvgIpc) is 2.94. The molecule has 5 nitrogen and oxygen atoms in total. The standard InChI is InChI=1S/C13H21ClN4O/c1-3-4-7-18-13(19)12(14)11(9-16-18)17(2)10-5-6-15-8-10/h9-10,15H,3-8H2,1-2H3. The second-order valence-corrected chi connectivity index (χ2v) is 5.36. The van der Waals surface area contributed by atoms with Gasteiger partial charge in [0.1, 0.15) is 5.02 Å². The van der Waals surface area contributed by atoms with Crippen molar-refractivity contribution in [1.29, 1.82) is 0 Å². The second-order valence-electron chi connectivity index (χ2n) is 4.98. The van der Waals surface area contributed by atoms with Gasteiger partial charge >= 0.3 is 0 Å². The van der Waals surface area contributed by atoms with E-state index >= 15 is 0 Å². The van der Waals surface area contributed by atoms with E-state index < -0.39 is 0 Å². The van der Waals surface area contributed by atoms with Crippen molar-refractivity contribution in [3.8, 4) is 0 Å². The molecule has 1 aromatic heterocycles. The molecule has 1 fully saturated rings. The van der Waals surface area contributed by atoms with Crippen molar-refractivity contribution in [3.05, 3.63) is 21.6 Å². The van der Waals surface area contributed by atoms with Crippen molar-refractivity contribution in [2.24, 2.45) is 0 Å².